The first-order valence-electron chi connectivity index (χ1n) is 7.49. The van der Waals surface area contributed by atoms with E-state index in [0.29, 0.717) is 6.04 Å². The summed E-state index contributed by atoms with van der Waals surface area (Å²) in [6, 6.07) is 6.25. The van der Waals surface area contributed by atoms with Crippen LogP contribution in [0.5, 0.6) is 11.5 Å². The first kappa shape index (κ1) is 15.9. The molecule has 1 aromatic carbocycles. The molecule has 4 nitrogen and oxygen atoms in total. The number of rotatable bonds is 4. The maximum atomic E-state index is 5.60. The maximum Gasteiger partial charge on any atom is 0.173 e. The zero-order chi connectivity index (χ0) is 15.2. The standard InChI is InChI=1S/C16H24N2O2S/c1-4-12-7-5-6-10-18(12)16(21)17-14-9-8-13(19-2)11-15(14)20-3/h8-9,11-12H,4-7,10H2,1-3H3,(H,17,21). The fraction of sp³-hybridized carbons (Fsp3) is 0.562. The quantitative estimate of drug-likeness (QED) is 0.858. The minimum Gasteiger partial charge on any atom is -0.497 e. The Morgan fingerprint density at radius 2 is 2.14 bits per heavy atom. The molecule has 0 aromatic heterocycles. The number of hydrogen-bond acceptors (Lipinski definition) is 3. The van der Waals surface area contributed by atoms with Gasteiger partial charge in [-0.3, -0.25) is 0 Å². The molecule has 0 radical (unpaired) electrons. The number of nitrogens with one attached hydrogen (secondary N) is 1. The third-order valence-electron chi connectivity index (χ3n) is 4.01. The number of piperidine rings is 1. The Balaban J connectivity index is 2.11. The zero-order valence-electron chi connectivity index (χ0n) is 13.0. The minimum atomic E-state index is 0.544. The second kappa shape index (κ2) is 7.50. The number of hydrogen-bond donors (Lipinski definition) is 1. The van der Waals surface area contributed by atoms with Crippen LogP contribution in [0.3, 0.4) is 0 Å². The average Bonchev–Trinajstić information content (AvgIpc) is 2.55. The molecule has 1 aliphatic rings. The van der Waals surface area contributed by atoms with Crippen molar-refractivity contribution in [3.05, 3.63) is 18.2 Å². The first-order chi connectivity index (χ1) is 10.2. The van der Waals surface area contributed by atoms with Crippen LogP contribution >= 0.6 is 12.2 Å². The van der Waals surface area contributed by atoms with E-state index in [9.17, 15) is 0 Å². The van der Waals surface area contributed by atoms with Gasteiger partial charge in [-0.1, -0.05) is 6.92 Å². The van der Waals surface area contributed by atoms with E-state index in [2.05, 4.69) is 17.1 Å². The number of thiocarbonyl (C=S) groups is 1. The predicted molar refractivity (Wildman–Crippen MR) is 90.4 cm³/mol. The molecule has 2 rings (SSSR count). The Morgan fingerprint density at radius 1 is 1.33 bits per heavy atom. The largest absolute Gasteiger partial charge is 0.497 e. The van der Waals surface area contributed by atoms with Crippen LogP contribution in [-0.4, -0.2) is 36.8 Å². The number of nitrogens with zero attached hydrogens (tertiary/aromatic N) is 1. The summed E-state index contributed by atoms with van der Waals surface area (Å²) < 4.78 is 10.6. The third kappa shape index (κ3) is 3.79. The molecule has 21 heavy (non-hydrogen) atoms. The smallest absolute Gasteiger partial charge is 0.173 e. The van der Waals surface area contributed by atoms with E-state index in [-0.39, 0.29) is 0 Å². The summed E-state index contributed by atoms with van der Waals surface area (Å²) in [5.41, 5.74) is 0.878. The Morgan fingerprint density at radius 3 is 2.81 bits per heavy atom. The van der Waals surface area contributed by atoms with Crippen LogP contribution in [0, 0.1) is 0 Å². The van der Waals surface area contributed by atoms with Crippen molar-refractivity contribution in [2.75, 3.05) is 26.1 Å². The van der Waals surface area contributed by atoms with Crippen molar-refractivity contribution in [1.29, 1.82) is 0 Å². The summed E-state index contributed by atoms with van der Waals surface area (Å²) in [6.07, 6.45) is 4.85. The number of benzene rings is 1. The monoisotopic (exact) mass is 308 g/mol. The molecule has 5 heteroatoms. The molecule has 1 saturated heterocycles. The van der Waals surface area contributed by atoms with Gasteiger partial charge in [0.25, 0.3) is 0 Å². The topological polar surface area (TPSA) is 33.7 Å². The molecule has 0 aliphatic carbocycles. The zero-order valence-corrected chi connectivity index (χ0v) is 13.8. The lowest BCUT2D eigenvalue weighted by Crippen LogP contribution is -2.45. The van der Waals surface area contributed by atoms with Gasteiger partial charge in [0, 0.05) is 18.7 Å². The fourth-order valence-corrected chi connectivity index (χ4v) is 3.13. The van der Waals surface area contributed by atoms with Gasteiger partial charge in [0.1, 0.15) is 11.5 Å². The van der Waals surface area contributed by atoms with Gasteiger partial charge in [-0.25, -0.2) is 0 Å². The third-order valence-corrected chi connectivity index (χ3v) is 4.35. The minimum absolute atomic E-state index is 0.544. The summed E-state index contributed by atoms with van der Waals surface area (Å²) in [6.45, 7) is 3.25. The number of methoxy groups -OCH3 is 2. The highest BCUT2D eigenvalue weighted by atomic mass is 32.1. The molecule has 1 heterocycles. The molecule has 0 saturated carbocycles. The molecule has 0 amide bonds. The second-order valence-corrected chi connectivity index (χ2v) is 5.63. The number of ether oxygens (including phenoxy) is 2. The summed E-state index contributed by atoms with van der Waals surface area (Å²) in [5, 5.41) is 4.11. The molecule has 1 aromatic rings. The molecule has 116 valence electrons. The molecule has 1 unspecified atom stereocenters. The highest BCUT2D eigenvalue weighted by Gasteiger charge is 2.23. The van der Waals surface area contributed by atoms with Crippen LogP contribution in [0.2, 0.25) is 0 Å². The normalized spacial score (nSPS) is 18.2. The van der Waals surface area contributed by atoms with Gasteiger partial charge in [0.05, 0.1) is 19.9 Å². The van der Waals surface area contributed by atoms with Gasteiger partial charge in [-0.05, 0) is 50.0 Å². The molecule has 0 bridgehead atoms. The van der Waals surface area contributed by atoms with Gasteiger partial charge in [0.2, 0.25) is 0 Å². The van der Waals surface area contributed by atoms with Crippen LogP contribution in [0.4, 0.5) is 5.69 Å². The Hall–Kier alpha value is -1.49. The highest BCUT2D eigenvalue weighted by Crippen LogP contribution is 2.30. The molecule has 1 fully saturated rings. The molecular formula is C16H24N2O2S. The molecular weight excluding hydrogens is 284 g/mol. The van der Waals surface area contributed by atoms with Crippen LogP contribution in [0.25, 0.3) is 0 Å². The van der Waals surface area contributed by atoms with Crippen LogP contribution < -0.4 is 14.8 Å². The lowest BCUT2D eigenvalue weighted by molar-refractivity contribution is 0.239. The van der Waals surface area contributed by atoms with Crippen LogP contribution in [0.1, 0.15) is 32.6 Å². The Labute approximate surface area is 132 Å². The summed E-state index contributed by atoms with van der Waals surface area (Å²) >= 11 is 5.60. The molecule has 1 atom stereocenters. The lowest BCUT2D eigenvalue weighted by Gasteiger charge is -2.37. The summed E-state index contributed by atoms with van der Waals surface area (Å²) in [7, 11) is 3.30. The van der Waals surface area contributed by atoms with Crippen LogP contribution in [-0.2, 0) is 0 Å². The van der Waals surface area contributed by atoms with E-state index in [4.69, 9.17) is 21.7 Å². The van der Waals surface area contributed by atoms with Crippen molar-refractivity contribution in [3.8, 4) is 11.5 Å². The average molecular weight is 308 g/mol. The summed E-state index contributed by atoms with van der Waals surface area (Å²) in [4.78, 5) is 2.31. The maximum absolute atomic E-state index is 5.60. The lowest BCUT2D eigenvalue weighted by atomic mass is 10.0. The van der Waals surface area contributed by atoms with E-state index in [1.807, 2.05) is 18.2 Å². The van der Waals surface area contributed by atoms with Crippen molar-refractivity contribution < 1.29 is 9.47 Å². The SMILES string of the molecule is CCC1CCCCN1C(=S)Nc1ccc(OC)cc1OC. The Bertz CT molecular complexity index is 493. The first-order valence-corrected chi connectivity index (χ1v) is 7.90. The van der Waals surface area contributed by atoms with Gasteiger partial charge in [-0.15, -0.1) is 0 Å². The second-order valence-electron chi connectivity index (χ2n) is 5.25. The van der Waals surface area contributed by atoms with Crippen molar-refractivity contribution in [2.45, 2.75) is 38.6 Å². The van der Waals surface area contributed by atoms with E-state index >= 15 is 0 Å². The van der Waals surface area contributed by atoms with E-state index in [1.165, 1.54) is 19.3 Å². The van der Waals surface area contributed by atoms with E-state index in [1.54, 1.807) is 14.2 Å². The van der Waals surface area contributed by atoms with Gasteiger partial charge >= 0.3 is 0 Å². The molecule has 0 spiro atoms. The van der Waals surface area contributed by atoms with Gasteiger partial charge < -0.3 is 19.7 Å². The molecule has 1 N–H and O–H groups in total. The van der Waals surface area contributed by atoms with Crippen molar-refractivity contribution in [3.63, 3.8) is 0 Å². The van der Waals surface area contributed by atoms with Gasteiger partial charge in [-0.2, -0.15) is 0 Å². The van der Waals surface area contributed by atoms with Crippen molar-refractivity contribution >= 4 is 23.0 Å². The number of likely N-dealkylation sites (tertiary alicyclic amines) is 1. The molecule has 1 aliphatic heterocycles. The summed E-state index contributed by atoms with van der Waals surface area (Å²) in [5.74, 6) is 1.51. The van der Waals surface area contributed by atoms with E-state index in [0.717, 1.165) is 35.3 Å². The highest BCUT2D eigenvalue weighted by molar-refractivity contribution is 7.80. The van der Waals surface area contributed by atoms with Crippen molar-refractivity contribution in [1.82, 2.24) is 4.90 Å². The predicted octanol–water partition coefficient (Wildman–Crippen LogP) is 3.67. The Kier molecular flexibility index (Phi) is 5.67. The fourth-order valence-electron chi connectivity index (χ4n) is 2.78. The van der Waals surface area contributed by atoms with Gasteiger partial charge in [0.15, 0.2) is 5.11 Å². The van der Waals surface area contributed by atoms with E-state index < -0.39 is 0 Å². The van der Waals surface area contributed by atoms with Crippen LogP contribution in [0.15, 0.2) is 18.2 Å². The van der Waals surface area contributed by atoms with Crippen molar-refractivity contribution in [2.24, 2.45) is 0 Å². The number of anilines is 1.